The van der Waals surface area contributed by atoms with E-state index >= 15 is 0 Å². The van der Waals surface area contributed by atoms with Gasteiger partial charge in [0.15, 0.2) is 0 Å². The molecule has 0 aliphatic heterocycles. The van der Waals surface area contributed by atoms with Crippen molar-refractivity contribution in [2.24, 2.45) is 0 Å². The summed E-state index contributed by atoms with van der Waals surface area (Å²) in [6, 6.07) is 69.6. The number of pyridine rings is 4. The van der Waals surface area contributed by atoms with Gasteiger partial charge in [0.2, 0.25) is 0 Å². The summed E-state index contributed by atoms with van der Waals surface area (Å²) in [5, 5.41) is 11.7. The van der Waals surface area contributed by atoms with Crippen molar-refractivity contribution < 1.29 is 0 Å². The predicted molar refractivity (Wildman–Crippen MR) is 273 cm³/mol. The van der Waals surface area contributed by atoms with Crippen molar-refractivity contribution in [2.45, 2.75) is 0 Å². The largest absolute Gasteiger partial charge is 0.245 e. The summed E-state index contributed by atoms with van der Waals surface area (Å²) in [5.41, 5.74) is 11.7. The molecule has 0 fully saturated rings. The molecule has 6 aromatic heterocycles. The van der Waals surface area contributed by atoms with E-state index in [0.717, 1.165) is 99.4 Å². The Kier molecular flexibility index (Phi) is 7.69. The number of thiophene rings is 2. The van der Waals surface area contributed by atoms with E-state index in [9.17, 15) is 0 Å². The molecule has 0 saturated heterocycles. The van der Waals surface area contributed by atoms with Crippen molar-refractivity contribution in [3.05, 3.63) is 194 Å². The van der Waals surface area contributed by atoms with E-state index in [2.05, 4.69) is 194 Å². The standard InChI is InChI=1S/C58H32N4S2/c1-3-7-51-43(5-1)45-31-41(21-27-53(45)63-51)49-25-19-35-11-9-33-17-23-47(59-55(33)57(35)61-49)39-15-13-38-30-40(16-14-37(38)29-39)48-24-18-34-10-12-36-20-26-50(62-58(36)56(34)60-48)42-22-28-54-46(32-42)44-6-2-4-8-52(44)64-54/h1-32H. The fourth-order valence-corrected chi connectivity index (χ4v) is 11.7. The van der Waals surface area contributed by atoms with Gasteiger partial charge in [-0.15, -0.1) is 22.7 Å². The molecule has 0 amide bonds. The minimum atomic E-state index is 0.906. The predicted octanol–water partition coefficient (Wildman–Crippen LogP) is 16.4. The van der Waals surface area contributed by atoms with Crippen molar-refractivity contribution in [3.8, 4) is 45.0 Å². The first kappa shape index (κ1) is 35.7. The molecule has 0 N–H and O–H groups in total. The maximum Gasteiger partial charge on any atom is 0.0972 e. The molecular formula is C58H32N4S2. The molecule has 8 aromatic carbocycles. The first-order chi connectivity index (χ1) is 31.6. The molecule has 6 heterocycles. The Morgan fingerprint density at radius 2 is 0.531 bits per heavy atom. The number of aromatic nitrogens is 4. The fraction of sp³-hybridized carbons (Fsp3) is 0. The Labute approximate surface area is 374 Å². The van der Waals surface area contributed by atoms with Gasteiger partial charge < -0.3 is 0 Å². The lowest BCUT2D eigenvalue weighted by atomic mass is 10.00. The van der Waals surface area contributed by atoms with Crippen LogP contribution in [-0.4, -0.2) is 19.9 Å². The molecule has 0 saturated carbocycles. The maximum atomic E-state index is 5.29. The normalized spacial score (nSPS) is 12.1. The number of benzene rings is 8. The molecule has 14 aromatic rings. The molecule has 6 heteroatoms. The quantitative estimate of drug-likeness (QED) is 0.166. The zero-order valence-electron chi connectivity index (χ0n) is 34.1. The summed E-state index contributed by atoms with van der Waals surface area (Å²) in [4.78, 5) is 21.1. The summed E-state index contributed by atoms with van der Waals surface area (Å²) in [7, 11) is 0. The van der Waals surface area contributed by atoms with E-state index in [1.54, 1.807) is 0 Å². The third-order valence-electron chi connectivity index (χ3n) is 12.8. The van der Waals surface area contributed by atoms with Crippen molar-refractivity contribution in [3.63, 3.8) is 0 Å². The number of hydrogen-bond acceptors (Lipinski definition) is 6. The number of rotatable bonds is 4. The van der Waals surface area contributed by atoms with Crippen molar-refractivity contribution in [1.82, 2.24) is 19.9 Å². The van der Waals surface area contributed by atoms with Crippen LogP contribution in [0.25, 0.3) is 140 Å². The Bertz CT molecular complexity index is 4000. The molecule has 0 radical (unpaired) electrons. The van der Waals surface area contributed by atoms with Crippen LogP contribution in [0.3, 0.4) is 0 Å². The van der Waals surface area contributed by atoms with E-state index in [1.165, 1.54) is 40.3 Å². The van der Waals surface area contributed by atoms with Gasteiger partial charge in [-0.2, -0.15) is 0 Å². The maximum absolute atomic E-state index is 5.29. The lowest BCUT2D eigenvalue weighted by Crippen LogP contribution is -1.92. The Hall–Kier alpha value is -7.90. The van der Waals surface area contributed by atoms with E-state index < -0.39 is 0 Å². The van der Waals surface area contributed by atoms with Crippen LogP contribution in [0.4, 0.5) is 0 Å². The zero-order chi connectivity index (χ0) is 41.9. The van der Waals surface area contributed by atoms with Gasteiger partial charge in [0.1, 0.15) is 0 Å². The summed E-state index contributed by atoms with van der Waals surface area (Å²) in [5.74, 6) is 0. The monoisotopic (exact) mass is 848 g/mol. The second-order valence-electron chi connectivity index (χ2n) is 16.6. The summed E-state index contributed by atoms with van der Waals surface area (Å²) < 4.78 is 5.19. The first-order valence-corrected chi connectivity index (χ1v) is 23.1. The molecule has 0 unspecified atom stereocenters. The highest BCUT2D eigenvalue weighted by molar-refractivity contribution is 7.26. The lowest BCUT2D eigenvalue weighted by Gasteiger charge is -2.10. The van der Waals surface area contributed by atoms with E-state index in [4.69, 9.17) is 19.9 Å². The highest BCUT2D eigenvalue weighted by Crippen LogP contribution is 2.39. The van der Waals surface area contributed by atoms with E-state index in [-0.39, 0.29) is 0 Å². The van der Waals surface area contributed by atoms with Crippen LogP contribution >= 0.6 is 22.7 Å². The highest BCUT2D eigenvalue weighted by Gasteiger charge is 2.14. The number of hydrogen-bond donors (Lipinski definition) is 0. The highest BCUT2D eigenvalue weighted by atomic mass is 32.1. The molecular weight excluding hydrogens is 817 g/mol. The molecule has 4 nitrogen and oxygen atoms in total. The molecule has 14 rings (SSSR count). The summed E-state index contributed by atoms with van der Waals surface area (Å²) >= 11 is 3.67. The zero-order valence-corrected chi connectivity index (χ0v) is 35.7. The van der Waals surface area contributed by atoms with E-state index in [0.29, 0.717) is 0 Å². The fourth-order valence-electron chi connectivity index (χ4n) is 9.51. The van der Waals surface area contributed by atoms with Gasteiger partial charge >= 0.3 is 0 Å². The number of nitrogens with zero attached hydrogens (tertiary/aromatic N) is 4. The average Bonchev–Trinajstić information content (AvgIpc) is 3.93. The molecule has 0 bridgehead atoms. The first-order valence-electron chi connectivity index (χ1n) is 21.4. The van der Waals surface area contributed by atoms with Crippen molar-refractivity contribution in [1.29, 1.82) is 0 Å². The summed E-state index contributed by atoms with van der Waals surface area (Å²) in [6.45, 7) is 0. The molecule has 0 spiro atoms. The second-order valence-corrected chi connectivity index (χ2v) is 18.8. The lowest BCUT2D eigenvalue weighted by molar-refractivity contribution is 1.37. The molecule has 0 aliphatic carbocycles. The topological polar surface area (TPSA) is 51.6 Å². The van der Waals surface area contributed by atoms with Crippen LogP contribution in [0.5, 0.6) is 0 Å². The SMILES string of the molecule is c1ccc2c(c1)sc1ccc(-c3ccc4ccc5ccc(-c6ccc7cc(-c8ccc9ccc%10ccc(-c%11ccc%12sc%13ccccc%13c%12c%11)nc%10c9n8)ccc7c6)nc5c4n3)cc12. The van der Waals surface area contributed by atoms with Gasteiger partial charge in [-0.3, -0.25) is 0 Å². The van der Waals surface area contributed by atoms with Gasteiger partial charge in [-0.05, 0) is 83.6 Å². The van der Waals surface area contributed by atoms with Gasteiger partial charge in [-0.1, -0.05) is 121 Å². The Morgan fingerprint density at radius 3 is 0.922 bits per heavy atom. The Balaban J connectivity index is 0.810. The molecule has 64 heavy (non-hydrogen) atoms. The van der Waals surface area contributed by atoms with E-state index in [1.807, 2.05) is 22.7 Å². The minimum absolute atomic E-state index is 0.906. The van der Waals surface area contributed by atoms with Gasteiger partial charge in [-0.25, -0.2) is 19.9 Å². The van der Waals surface area contributed by atoms with Crippen LogP contribution in [-0.2, 0) is 0 Å². The number of fused-ring (bicyclic) bond motifs is 13. The molecule has 296 valence electrons. The van der Waals surface area contributed by atoms with Gasteiger partial charge in [0, 0.05) is 84.1 Å². The van der Waals surface area contributed by atoms with Gasteiger partial charge in [0.25, 0.3) is 0 Å². The molecule has 0 aliphatic rings. The second kappa shape index (κ2) is 13.8. The van der Waals surface area contributed by atoms with Crippen molar-refractivity contribution in [2.75, 3.05) is 0 Å². The van der Waals surface area contributed by atoms with Crippen LogP contribution in [0.2, 0.25) is 0 Å². The Morgan fingerprint density at radius 1 is 0.234 bits per heavy atom. The minimum Gasteiger partial charge on any atom is -0.245 e. The van der Waals surface area contributed by atoms with Gasteiger partial charge in [0.05, 0.1) is 44.8 Å². The average molecular weight is 849 g/mol. The van der Waals surface area contributed by atoms with Crippen LogP contribution in [0.1, 0.15) is 0 Å². The van der Waals surface area contributed by atoms with Crippen molar-refractivity contribution >= 4 is 117 Å². The third kappa shape index (κ3) is 5.66. The van der Waals surface area contributed by atoms with Crippen LogP contribution in [0.15, 0.2) is 194 Å². The van der Waals surface area contributed by atoms with Crippen LogP contribution in [0, 0.1) is 0 Å². The van der Waals surface area contributed by atoms with Crippen LogP contribution < -0.4 is 0 Å². The molecule has 0 atom stereocenters. The smallest absolute Gasteiger partial charge is 0.0972 e. The third-order valence-corrected chi connectivity index (χ3v) is 15.1. The summed E-state index contributed by atoms with van der Waals surface area (Å²) in [6.07, 6.45) is 0.